The first-order valence-corrected chi connectivity index (χ1v) is 7.63. The zero-order chi connectivity index (χ0) is 18.6. The van der Waals surface area contributed by atoms with Crippen molar-refractivity contribution in [1.82, 2.24) is 15.1 Å². The molecule has 0 spiro atoms. The van der Waals surface area contributed by atoms with Crippen LogP contribution in [0.5, 0.6) is 0 Å². The summed E-state index contributed by atoms with van der Waals surface area (Å²) in [7, 11) is 0. The van der Waals surface area contributed by atoms with Crippen LogP contribution in [0.1, 0.15) is 31.7 Å². The van der Waals surface area contributed by atoms with Crippen molar-refractivity contribution in [2.45, 2.75) is 33.0 Å². The van der Waals surface area contributed by atoms with Crippen molar-refractivity contribution in [3.05, 3.63) is 47.6 Å². The number of allylic oxidation sites excluding steroid dienone is 1. The van der Waals surface area contributed by atoms with Gasteiger partial charge in [-0.1, -0.05) is 43.3 Å². The maximum Gasteiger partial charge on any atom is 0.471 e. The molecule has 2 rings (SSSR count). The monoisotopic (exact) mass is 355 g/mol. The molecule has 0 amide bonds. The maximum atomic E-state index is 12.5. The molecular formula is C16H20F3N5O. The smallest absolute Gasteiger partial charge is 0.401 e. The molecule has 4 N–H and O–H groups in total. The molecule has 0 radical (unpaired) electrons. The lowest BCUT2D eigenvalue weighted by molar-refractivity contribution is -0.159. The van der Waals surface area contributed by atoms with E-state index in [1.807, 2.05) is 0 Å². The second-order valence-electron chi connectivity index (χ2n) is 6.09. The van der Waals surface area contributed by atoms with Gasteiger partial charge in [0.2, 0.25) is 5.82 Å². The van der Waals surface area contributed by atoms with Crippen molar-refractivity contribution in [1.29, 1.82) is 0 Å². The van der Waals surface area contributed by atoms with E-state index in [4.69, 9.17) is 11.6 Å². The number of rotatable bonds is 6. The van der Waals surface area contributed by atoms with Gasteiger partial charge in [-0.25, -0.2) is 5.84 Å². The average Bonchev–Trinajstić information content (AvgIpc) is 2.96. The van der Waals surface area contributed by atoms with E-state index in [1.165, 1.54) is 5.01 Å². The van der Waals surface area contributed by atoms with Crippen LogP contribution in [0.2, 0.25) is 0 Å². The third-order valence-electron chi connectivity index (χ3n) is 3.22. The Balaban J connectivity index is 2.03. The molecular weight excluding hydrogens is 335 g/mol. The SMILES string of the molecule is CC(C)C/C(N)=C/N(N)Cc1ccc(-c2noc(C(F)(F)F)n2)cc1. The van der Waals surface area contributed by atoms with Gasteiger partial charge in [-0.05, 0) is 17.9 Å². The normalized spacial score (nSPS) is 12.7. The Morgan fingerprint density at radius 2 is 1.92 bits per heavy atom. The maximum absolute atomic E-state index is 12.5. The number of nitrogens with zero attached hydrogens (tertiary/aromatic N) is 3. The van der Waals surface area contributed by atoms with Gasteiger partial charge in [0.1, 0.15) is 0 Å². The highest BCUT2D eigenvalue weighted by Gasteiger charge is 2.38. The average molecular weight is 355 g/mol. The molecule has 0 aliphatic heterocycles. The number of alkyl halides is 3. The molecule has 1 aromatic heterocycles. The Morgan fingerprint density at radius 3 is 2.44 bits per heavy atom. The summed E-state index contributed by atoms with van der Waals surface area (Å²) in [6.07, 6.45) is -2.25. The summed E-state index contributed by atoms with van der Waals surface area (Å²) < 4.78 is 41.6. The van der Waals surface area contributed by atoms with Crippen molar-refractivity contribution >= 4 is 0 Å². The molecule has 2 aromatic rings. The fraction of sp³-hybridized carbons (Fsp3) is 0.375. The van der Waals surface area contributed by atoms with E-state index in [2.05, 4.69) is 28.5 Å². The Bertz CT molecular complexity index is 722. The highest BCUT2D eigenvalue weighted by atomic mass is 19.4. The third-order valence-corrected chi connectivity index (χ3v) is 3.22. The predicted molar refractivity (Wildman–Crippen MR) is 86.2 cm³/mol. The zero-order valence-electron chi connectivity index (χ0n) is 13.9. The molecule has 0 bridgehead atoms. The number of aromatic nitrogens is 2. The summed E-state index contributed by atoms with van der Waals surface area (Å²) in [5, 5.41) is 4.80. The van der Waals surface area contributed by atoms with Crippen LogP contribution in [0.3, 0.4) is 0 Å². The molecule has 1 heterocycles. The quantitative estimate of drug-likeness (QED) is 0.610. The predicted octanol–water partition coefficient (Wildman–Crippen LogP) is 3.28. The van der Waals surface area contributed by atoms with Gasteiger partial charge >= 0.3 is 12.1 Å². The van der Waals surface area contributed by atoms with Crippen molar-refractivity contribution < 1.29 is 17.7 Å². The second kappa shape index (κ2) is 7.56. The molecule has 0 atom stereocenters. The fourth-order valence-corrected chi connectivity index (χ4v) is 2.21. The van der Waals surface area contributed by atoms with E-state index in [-0.39, 0.29) is 5.82 Å². The van der Waals surface area contributed by atoms with Crippen molar-refractivity contribution in [2.75, 3.05) is 0 Å². The van der Waals surface area contributed by atoms with Gasteiger partial charge in [0.25, 0.3) is 0 Å². The van der Waals surface area contributed by atoms with E-state index in [9.17, 15) is 13.2 Å². The largest absolute Gasteiger partial charge is 0.471 e. The van der Waals surface area contributed by atoms with Gasteiger partial charge in [-0.2, -0.15) is 18.2 Å². The lowest BCUT2D eigenvalue weighted by Gasteiger charge is -2.16. The van der Waals surface area contributed by atoms with Crippen LogP contribution in [-0.4, -0.2) is 15.1 Å². The topological polar surface area (TPSA) is 94.2 Å². The number of halogens is 3. The van der Waals surface area contributed by atoms with Crippen molar-refractivity contribution in [3.8, 4) is 11.4 Å². The third kappa shape index (κ3) is 5.49. The molecule has 6 nitrogen and oxygen atoms in total. The summed E-state index contributed by atoms with van der Waals surface area (Å²) in [4.78, 5) is 3.35. The van der Waals surface area contributed by atoms with Crippen LogP contribution in [0, 0.1) is 5.92 Å². The minimum atomic E-state index is -4.66. The van der Waals surface area contributed by atoms with Crippen LogP contribution in [0.25, 0.3) is 11.4 Å². The van der Waals surface area contributed by atoms with Gasteiger partial charge < -0.3 is 15.3 Å². The lowest BCUT2D eigenvalue weighted by atomic mass is 10.1. The first-order valence-electron chi connectivity index (χ1n) is 7.63. The van der Waals surface area contributed by atoms with Crippen LogP contribution in [0.15, 0.2) is 40.7 Å². The Hall–Kier alpha value is -2.55. The number of hydrogen-bond donors (Lipinski definition) is 2. The number of hydrogen-bond acceptors (Lipinski definition) is 6. The molecule has 9 heteroatoms. The van der Waals surface area contributed by atoms with E-state index >= 15 is 0 Å². The van der Waals surface area contributed by atoms with Crippen LogP contribution in [-0.2, 0) is 12.7 Å². The summed E-state index contributed by atoms with van der Waals surface area (Å²) in [5.41, 5.74) is 7.85. The van der Waals surface area contributed by atoms with Gasteiger partial charge in [-0.3, -0.25) is 0 Å². The van der Waals surface area contributed by atoms with Crippen molar-refractivity contribution in [2.24, 2.45) is 17.5 Å². The second-order valence-corrected chi connectivity index (χ2v) is 6.09. The first kappa shape index (κ1) is 18.8. The van der Waals surface area contributed by atoms with Gasteiger partial charge in [-0.15, -0.1) is 0 Å². The summed E-state index contributed by atoms with van der Waals surface area (Å²) in [6.45, 7) is 4.52. The van der Waals surface area contributed by atoms with E-state index in [0.29, 0.717) is 23.7 Å². The molecule has 0 saturated carbocycles. The number of hydrazine groups is 1. The molecule has 0 fully saturated rings. The zero-order valence-corrected chi connectivity index (χ0v) is 13.9. The lowest BCUT2D eigenvalue weighted by Crippen LogP contribution is -2.26. The Morgan fingerprint density at radius 1 is 1.28 bits per heavy atom. The number of benzene rings is 1. The molecule has 25 heavy (non-hydrogen) atoms. The van der Waals surface area contributed by atoms with Crippen molar-refractivity contribution in [3.63, 3.8) is 0 Å². The number of nitrogens with two attached hydrogens (primary N) is 2. The van der Waals surface area contributed by atoms with Crippen LogP contribution < -0.4 is 11.6 Å². The molecule has 136 valence electrons. The summed E-state index contributed by atoms with van der Waals surface area (Å²) in [6, 6.07) is 6.67. The van der Waals surface area contributed by atoms with Gasteiger partial charge in [0.05, 0.1) is 6.54 Å². The van der Waals surface area contributed by atoms with Crippen LogP contribution in [0.4, 0.5) is 13.2 Å². The molecule has 0 aliphatic carbocycles. The minimum Gasteiger partial charge on any atom is -0.401 e. The van der Waals surface area contributed by atoms with Gasteiger partial charge in [0.15, 0.2) is 0 Å². The van der Waals surface area contributed by atoms with Crippen LogP contribution >= 0.6 is 0 Å². The van der Waals surface area contributed by atoms with Gasteiger partial charge in [0, 0.05) is 17.5 Å². The highest BCUT2D eigenvalue weighted by Crippen LogP contribution is 2.29. The Kier molecular flexibility index (Phi) is 5.68. The van der Waals surface area contributed by atoms with E-state index in [0.717, 1.165) is 12.0 Å². The molecule has 0 unspecified atom stereocenters. The molecule has 0 aliphatic rings. The molecule has 0 saturated heterocycles. The highest BCUT2D eigenvalue weighted by molar-refractivity contribution is 5.54. The van der Waals surface area contributed by atoms with E-state index in [1.54, 1.807) is 30.5 Å². The fourth-order valence-electron chi connectivity index (χ4n) is 2.21. The molecule has 1 aromatic carbocycles. The first-order chi connectivity index (χ1) is 11.6. The summed E-state index contributed by atoms with van der Waals surface area (Å²) in [5.74, 6) is 4.84. The Labute approximate surface area is 143 Å². The van der Waals surface area contributed by atoms with E-state index < -0.39 is 12.1 Å². The summed E-state index contributed by atoms with van der Waals surface area (Å²) >= 11 is 0. The minimum absolute atomic E-state index is 0.121. The standard InChI is InChI=1S/C16H20F3N5O/c1-10(2)7-13(20)9-24(21)8-11-3-5-12(6-4-11)14-22-15(25-23-14)16(17,18)19/h3-6,9-10H,7-8,20-21H2,1-2H3/b13-9-.